The molecule has 0 saturated heterocycles. The summed E-state index contributed by atoms with van der Waals surface area (Å²) in [6, 6.07) is 11.3. The summed E-state index contributed by atoms with van der Waals surface area (Å²) < 4.78 is 0. The fraction of sp³-hybridized carbons (Fsp3) is 0.188. The maximum Gasteiger partial charge on any atom is 0.193 e. The van der Waals surface area contributed by atoms with Crippen LogP contribution < -0.4 is 0 Å². The largest absolute Gasteiger partial charge is 0.289 e. The van der Waals surface area contributed by atoms with Gasteiger partial charge >= 0.3 is 0 Å². The van der Waals surface area contributed by atoms with Crippen LogP contribution in [-0.2, 0) is 0 Å². The van der Waals surface area contributed by atoms with Crippen molar-refractivity contribution in [2.45, 2.75) is 20.8 Å². The molecule has 0 bridgehead atoms. The van der Waals surface area contributed by atoms with Gasteiger partial charge in [-0.15, -0.1) is 0 Å². The molecule has 0 atom stereocenters. The third kappa shape index (κ3) is 2.46. The lowest BCUT2D eigenvalue weighted by Gasteiger charge is -2.08. The molecule has 0 heterocycles. The van der Waals surface area contributed by atoms with Crippen LogP contribution >= 0.6 is 11.6 Å². The Kier molecular flexibility index (Phi) is 3.53. The van der Waals surface area contributed by atoms with Gasteiger partial charge in [0.05, 0.1) is 0 Å². The highest BCUT2D eigenvalue weighted by molar-refractivity contribution is 6.32. The predicted molar refractivity (Wildman–Crippen MR) is 75.5 cm³/mol. The Morgan fingerprint density at radius 3 is 2.22 bits per heavy atom. The lowest BCUT2D eigenvalue weighted by molar-refractivity contribution is 0.103. The van der Waals surface area contributed by atoms with Crippen LogP contribution in [0.5, 0.6) is 0 Å². The minimum atomic E-state index is 0.0294. The summed E-state index contributed by atoms with van der Waals surface area (Å²) in [5.74, 6) is 0.0294. The third-order valence-electron chi connectivity index (χ3n) is 3.00. The molecule has 0 amide bonds. The fourth-order valence-corrected chi connectivity index (χ4v) is 2.29. The van der Waals surface area contributed by atoms with Gasteiger partial charge in [0.2, 0.25) is 0 Å². The highest BCUT2D eigenvalue weighted by Gasteiger charge is 2.13. The van der Waals surface area contributed by atoms with Gasteiger partial charge in [0.1, 0.15) is 0 Å². The van der Waals surface area contributed by atoms with Crippen LogP contribution in [0.3, 0.4) is 0 Å². The summed E-state index contributed by atoms with van der Waals surface area (Å²) in [6.45, 7) is 5.86. The van der Waals surface area contributed by atoms with Crippen molar-refractivity contribution < 1.29 is 4.79 Å². The maximum absolute atomic E-state index is 12.5. The molecule has 0 aliphatic rings. The van der Waals surface area contributed by atoms with Crippen LogP contribution in [0, 0.1) is 20.8 Å². The molecule has 18 heavy (non-hydrogen) atoms. The van der Waals surface area contributed by atoms with Crippen LogP contribution in [0.2, 0.25) is 5.02 Å². The minimum Gasteiger partial charge on any atom is -0.289 e. The Morgan fingerprint density at radius 2 is 1.61 bits per heavy atom. The number of aryl methyl sites for hydroxylation is 2. The zero-order valence-corrected chi connectivity index (χ0v) is 11.5. The molecule has 0 radical (unpaired) electrons. The van der Waals surface area contributed by atoms with Crippen LogP contribution in [0.4, 0.5) is 0 Å². The van der Waals surface area contributed by atoms with Crippen molar-refractivity contribution in [2.75, 3.05) is 0 Å². The Labute approximate surface area is 112 Å². The van der Waals surface area contributed by atoms with Crippen LogP contribution in [0.25, 0.3) is 0 Å². The Bertz CT molecular complexity index is 594. The predicted octanol–water partition coefficient (Wildman–Crippen LogP) is 4.50. The van der Waals surface area contributed by atoms with Gasteiger partial charge < -0.3 is 0 Å². The molecule has 0 N–H and O–H groups in total. The second-order valence-corrected chi connectivity index (χ2v) is 5.03. The average molecular weight is 259 g/mol. The van der Waals surface area contributed by atoms with Gasteiger partial charge in [-0.2, -0.15) is 0 Å². The maximum atomic E-state index is 12.5. The third-order valence-corrected chi connectivity index (χ3v) is 3.41. The van der Waals surface area contributed by atoms with Crippen molar-refractivity contribution in [3.63, 3.8) is 0 Å². The molecular formula is C16H15ClO. The number of carbonyl (C=O) groups is 1. The van der Waals surface area contributed by atoms with E-state index >= 15 is 0 Å². The quantitative estimate of drug-likeness (QED) is 0.725. The summed E-state index contributed by atoms with van der Waals surface area (Å²) >= 11 is 6.06. The second kappa shape index (κ2) is 4.95. The summed E-state index contributed by atoms with van der Waals surface area (Å²) in [7, 11) is 0. The van der Waals surface area contributed by atoms with Crippen molar-refractivity contribution in [1.82, 2.24) is 0 Å². The Hall–Kier alpha value is -1.60. The average Bonchev–Trinajstić information content (AvgIpc) is 2.30. The van der Waals surface area contributed by atoms with Gasteiger partial charge in [-0.05, 0) is 44.5 Å². The first-order valence-electron chi connectivity index (χ1n) is 5.87. The van der Waals surface area contributed by atoms with Crippen molar-refractivity contribution in [3.8, 4) is 0 Å². The van der Waals surface area contributed by atoms with E-state index in [4.69, 9.17) is 11.6 Å². The van der Waals surface area contributed by atoms with Gasteiger partial charge in [-0.3, -0.25) is 4.79 Å². The molecule has 0 unspecified atom stereocenters. The van der Waals surface area contributed by atoms with Crippen molar-refractivity contribution >= 4 is 17.4 Å². The van der Waals surface area contributed by atoms with Crippen molar-refractivity contribution in [1.29, 1.82) is 0 Å². The van der Waals surface area contributed by atoms with E-state index in [0.29, 0.717) is 10.6 Å². The summed E-state index contributed by atoms with van der Waals surface area (Å²) in [5, 5.41) is 0.630. The molecule has 0 saturated carbocycles. The zero-order chi connectivity index (χ0) is 13.3. The molecule has 0 aliphatic heterocycles. The summed E-state index contributed by atoms with van der Waals surface area (Å²) in [6.07, 6.45) is 0. The van der Waals surface area contributed by atoms with Crippen LogP contribution in [0.1, 0.15) is 32.6 Å². The van der Waals surface area contributed by atoms with Gasteiger partial charge in [-0.1, -0.05) is 40.9 Å². The second-order valence-electron chi connectivity index (χ2n) is 4.62. The van der Waals surface area contributed by atoms with E-state index in [9.17, 15) is 4.79 Å². The molecule has 0 aliphatic carbocycles. The molecule has 1 nitrogen and oxygen atoms in total. The number of hydrogen-bond acceptors (Lipinski definition) is 1. The molecule has 92 valence electrons. The molecular weight excluding hydrogens is 244 g/mol. The topological polar surface area (TPSA) is 17.1 Å². The van der Waals surface area contributed by atoms with E-state index < -0.39 is 0 Å². The normalized spacial score (nSPS) is 10.4. The first kappa shape index (κ1) is 12.8. The SMILES string of the molecule is Cc1cc(C)cc(C(=O)c2cccc(Cl)c2C)c1. The first-order chi connectivity index (χ1) is 8.49. The van der Waals surface area contributed by atoms with E-state index in [-0.39, 0.29) is 5.78 Å². The lowest BCUT2D eigenvalue weighted by atomic mass is 9.96. The van der Waals surface area contributed by atoms with Gasteiger partial charge in [0.25, 0.3) is 0 Å². The fourth-order valence-electron chi connectivity index (χ4n) is 2.11. The number of hydrogen-bond donors (Lipinski definition) is 0. The Balaban J connectivity index is 2.51. The standard InChI is InChI=1S/C16H15ClO/c1-10-7-11(2)9-13(8-10)16(18)14-5-4-6-15(17)12(14)3/h4-9H,1-3H3. The number of rotatable bonds is 2. The molecule has 2 rings (SSSR count). The molecule has 0 spiro atoms. The van der Waals surface area contributed by atoms with Crippen molar-refractivity contribution in [3.05, 3.63) is 69.2 Å². The number of benzene rings is 2. The lowest BCUT2D eigenvalue weighted by Crippen LogP contribution is -2.04. The zero-order valence-electron chi connectivity index (χ0n) is 10.8. The molecule has 2 aromatic carbocycles. The van der Waals surface area contributed by atoms with Gasteiger partial charge in [0, 0.05) is 16.1 Å². The van der Waals surface area contributed by atoms with Crippen molar-refractivity contribution in [2.24, 2.45) is 0 Å². The van der Waals surface area contributed by atoms with E-state index in [1.807, 2.05) is 45.0 Å². The highest BCUT2D eigenvalue weighted by atomic mass is 35.5. The monoisotopic (exact) mass is 258 g/mol. The number of carbonyl (C=O) groups excluding carboxylic acids is 1. The van der Waals surface area contributed by atoms with E-state index in [2.05, 4.69) is 6.07 Å². The van der Waals surface area contributed by atoms with Crippen LogP contribution in [-0.4, -0.2) is 5.78 Å². The van der Waals surface area contributed by atoms with E-state index in [1.54, 1.807) is 6.07 Å². The molecule has 2 aromatic rings. The minimum absolute atomic E-state index is 0.0294. The smallest absolute Gasteiger partial charge is 0.193 e. The van der Waals surface area contributed by atoms with Crippen LogP contribution in [0.15, 0.2) is 36.4 Å². The van der Waals surface area contributed by atoms with Gasteiger partial charge in [-0.25, -0.2) is 0 Å². The summed E-state index contributed by atoms with van der Waals surface area (Å²) in [5.41, 5.74) is 4.42. The van der Waals surface area contributed by atoms with E-state index in [1.165, 1.54) is 0 Å². The molecule has 0 aromatic heterocycles. The molecule has 2 heteroatoms. The number of ketones is 1. The van der Waals surface area contributed by atoms with E-state index in [0.717, 1.165) is 22.3 Å². The summed E-state index contributed by atoms with van der Waals surface area (Å²) in [4.78, 5) is 12.5. The Morgan fingerprint density at radius 1 is 1.00 bits per heavy atom. The number of halogens is 1. The first-order valence-corrected chi connectivity index (χ1v) is 6.25. The highest BCUT2D eigenvalue weighted by Crippen LogP contribution is 2.22. The molecule has 0 fully saturated rings. The van der Waals surface area contributed by atoms with Gasteiger partial charge in [0.15, 0.2) is 5.78 Å².